The van der Waals surface area contributed by atoms with E-state index in [1.54, 1.807) is 18.3 Å². The van der Waals surface area contributed by atoms with Crippen molar-refractivity contribution in [2.75, 3.05) is 6.61 Å². The van der Waals surface area contributed by atoms with E-state index in [0.29, 0.717) is 12.2 Å². The number of imidazole rings is 2. The van der Waals surface area contributed by atoms with Crippen LogP contribution in [-0.4, -0.2) is 32.1 Å². The summed E-state index contributed by atoms with van der Waals surface area (Å²) in [7, 11) is 0. The van der Waals surface area contributed by atoms with E-state index in [-0.39, 0.29) is 5.97 Å². The summed E-state index contributed by atoms with van der Waals surface area (Å²) in [5.74, 6) is 1.43. The number of carbonyl (C=O) groups is 1. The third kappa shape index (κ3) is 3.44. The second kappa shape index (κ2) is 6.54. The number of hydrogen-bond donors (Lipinski definition) is 1. The van der Waals surface area contributed by atoms with Gasteiger partial charge >= 0.3 is 5.97 Å². The number of aryl methyl sites for hydroxylation is 3. The first kappa shape index (κ1) is 15.7. The second-order valence-corrected chi connectivity index (χ2v) is 6.19. The monoisotopic (exact) mass is 376 g/mol. The van der Waals surface area contributed by atoms with Gasteiger partial charge in [-0.1, -0.05) is 0 Å². The molecule has 0 radical (unpaired) electrons. The van der Waals surface area contributed by atoms with E-state index >= 15 is 0 Å². The standard InChI is InChI=1S/C16H17BrN4O2/c1-10-19-14-9-12(8-13(17)15(14)20-10)16(22)23-7-3-5-21-6-4-18-11(21)2/h4,6,8-9H,3,5,7H2,1-2H3,(H,19,20). The van der Waals surface area contributed by atoms with E-state index < -0.39 is 0 Å². The molecular weight excluding hydrogens is 360 g/mol. The highest BCUT2D eigenvalue weighted by molar-refractivity contribution is 9.10. The van der Waals surface area contributed by atoms with Crippen molar-refractivity contribution in [1.82, 2.24) is 19.5 Å². The molecule has 2 heterocycles. The van der Waals surface area contributed by atoms with Gasteiger partial charge in [-0.05, 0) is 48.3 Å². The SMILES string of the molecule is Cc1nc2c(Br)cc(C(=O)OCCCn3ccnc3C)cc2[nH]1. The number of hydrogen-bond acceptors (Lipinski definition) is 4. The summed E-state index contributed by atoms with van der Waals surface area (Å²) < 4.78 is 8.16. The predicted molar refractivity (Wildman–Crippen MR) is 90.4 cm³/mol. The molecule has 0 aliphatic carbocycles. The van der Waals surface area contributed by atoms with Crippen molar-refractivity contribution in [3.8, 4) is 0 Å². The number of nitrogens with zero attached hydrogens (tertiary/aromatic N) is 3. The minimum atomic E-state index is -0.331. The van der Waals surface area contributed by atoms with Gasteiger partial charge in [0.05, 0.1) is 17.7 Å². The molecule has 0 saturated carbocycles. The van der Waals surface area contributed by atoms with Crippen LogP contribution in [0, 0.1) is 13.8 Å². The van der Waals surface area contributed by atoms with Gasteiger partial charge in [0.25, 0.3) is 0 Å². The Morgan fingerprint density at radius 1 is 1.39 bits per heavy atom. The smallest absolute Gasteiger partial charge is 0.338 e. The number of rotatable bonds is 5. The highest BCUT2D eigenvalue weighted by atomic mass is 79.9. The molecule has 3 aromatic rings. The highest BCUT2D eigenvalue weighted by Crippen LogP contribution is 2.24. The zero-order valence-electron chi connectivity index (χ0n) is 13.0. The quantitative estimate of drug-likeness (QED) is 0.547. The number of ether oxygens (including phenoxy) is 1. The number of aromatic nitrogens is 4. The Labute approximate surface area is 142 Å². The fraction of sp³-hybridized carbons (Fsp3) is 0.312. The molecule has 0 aliphatic heterocycles. The maximum Gasteiger partial charge on any atom is 0.338 e. The maximum absolute atomic E-state index is 12.2. The first-order chi connectivity index (χ1) is 11.0. The number of aromatic amines is 1. The Morgan fingerprint density at radius 3 is 2.96 bits per heavy atom. The van der Waals surface area contributed by atoms with Gasteiger partial charge in [-0.2, -0.15) is 0 Å². The minimum Gasteiger partial charge on any atom is -0.462 e. The lowest BCUT2D eigenvalue weighted by atomic mass is 10.2. The summed E-state index contributed by atoms with van der Waals surface area (Å²) in [6.07, 6.45) is 4.43. The molecule has 6 nitrogen and oxygen atoms in total. The third-order valence-electron chi connectivity index (χ3n) is 3.59. The van der Waals surface area contributed by atoms with Crippen LogP contribution in [0.2, 0.25) is 0 Å². The summed E-state index contributed by atoms with van der Waals surface area (Å²) in [5.41, 5.74) is 2.14. The second-order valence-electron chi connectivity index (χ2n) is 5.33. The van der Waals surface area contributed by atoms with E-state index in [1.165, 1.54) is 0 Å². The van der Waals surface area contributed by atoms with E-state index in [1.807, 2.05) is 24.6 Å². The van der Waals surface area contributed by atoms with Crippen molar-refractivity contribution in [2.24, 2.45) is 0 Å². The van der Waals surface area contributed by atoms with Crippen LogP contribution < -0.4 is 0 Å². The Kier molecular flexibility index (Phi) is 4.47. The summed E-state index contributed by atoms with van der Waals surface area (Å²) in [5, 5.41) is 0. The van der Waals surface area contributed by atoms with Gasteiger partial charge in [-0.3, -0.25) is 0 Å². The van der Waals surface area contributed by atoms with Gasteiger partial charge in [0, 0.05) is 23.4 Å². The van der Waals surface area contributed by atoms with Gasteiger partial charge < -0.3 is 14.3 Å². The van der Waals surface area contributed by atoms with Gasteiger partial charge in [0.15, 0.2) is 0 Å². The molecule has 2 aromatic heterocycles. The maximum atomic E-state index is 12.2. The van der Waals surface area contributed by atoms with Crippen LogP contribution in [0.1, 0.15) is 28.4 Å². The molecule has 7 heteroatoms. The van der Waals surface area contributed by atoms with E-state index in [9.17, 15) is 4.79 Å². The molecule has 120 valence electrons. The first-order valence-electron chi connectivity index (χ1n) is 7.35. The topological polar surface area (TPSA) is 72.8 Å². The molecule has 0 bridgehead atoms. The van der Waals surface area contributed by atoms with Crippen LogP contribution in [0.4, 0.5) is 0 Å². The third-order valence-corrected chi connectivity index (χ3v) is 4.20. The average molecular weight is 377 g/mol. The van der Waals surface area contributed by atoms with Gasteiger partial charge in [-0.15, -0.1) is 0 Å². The number of H-pyrrole nitrogens is 1. The average Bonchev–Trinajstić information content (AvgIpc) is 3.08. The summed E-state index contributed by atoms with van der Waals surface area (Å²) in [4.78, 5) is 23.8. The number of fused-ring (bicyclic) bond motifs is 1. The molecule has 0 aliphatic rings. The molecule has 1 aromatic carbocycles. The molecule has 0 saturated heterocycles. The van der Waals surface area contributed by atoms with Crippen molar-refractivity contribution in [3.63, 3.8) is 0 Å². The molecule has 0 unspecified atom stereocenters. The molecule has 0 atom stereocenters. The van der Waals surface area contributed by atoms with Crippen LogP contribution in [-0.2, 0) is 11.3 Å². The number of esters is 1. The summed E-state index contributed by atoms with van der Waals surface area (Å²) in [6.45, 7) is 4.98. The molecule has 0 fully saturated rings. The van der Waals surface area contributed by atoms with Gasteiger partial charge in [0.2, 0.25) is 0 Å². The largest absolute Gasteiger partial charge is 0.462 e. The Bertz CT molecular complexity index is 853. The highest BCUT2D eigenvalue weighted by Gasteiger charge is 2.13. The van der Waals surface area contributed by atoms with Crippen molar-refractivity contribution in [3.05, 3.63) is 46.2 Å². The molecule has 3 rings (SSSR count). The lowest BCUT2D eigenvalue weighted by molar-refractivity contribution is 0.0496. The molecule has 23 heavy (non-hydrogen) atoms. The van der Waals surface area contributed by atoms with Crippen molar-refractivity contribution >= 4 is 32.9 Å². The predicted octanol–water partition coefficient (Wildman–Crippen LogP) is 3.39. The van der Waals surface area contributed by atoms with Crippen LogP contribution in [0.15, 0.2) is 29.0 Å². The van der Waals surface area contributed by atoms with E-state index in [2.05, 4.69) is 30.9 Å². The summed E-state index contributed by atoms with van der Waals surface area (Å²) >= 11 is 3.44. The van der Waals surface area contributed by atoms with Crippen LogP contribution in [0.3, 0.4) is 0 Å². The fourth-order valence-electron chi connectivity index (χ4n) is 2.44. The minimum absolute atomic E-state index is 0.331. The number of carbonyl (C=O) groups excluding carboxylic acids is 1. The molecule has 0 spiro atoms. The van der Waals surface area contributed by atoms with Gasteiger partial charge in [0.1, 0.15) is 17.2 Å². The normalized spacial score (nSPS) is 11.1. The van der Waals surface area contributed by atoms with Crippen molar-refractivity contribution in [2.45, 2.75) is 26.8 Å². The Hall–Kier alpha value is -2.15. The molecule has 1 N–H and O–H groups in total. The van der Waals surface area contributed by atoms with Crippen LogP contribution in [0.5, 0.6) is 0 Å². The lowest BCUT2D eigenvalue weighted by Crippen LogP contribution is -2.09. The van der Waals surface area contributed by atoms with Crippen molar-refractivity contribution < 1.29 is 9.53 Å². The zero-order valence-corrected chi connectivity index (χ0v) is 14.6. The van der Waals surface area contributed by atoms with Crippen LogP contribution >= 0.6 is 15.9 Å². The number of nitrogens with one attached hydrogen (secondary N) is 1. The van der Waals surface area contributed by atoms with E-state index in [0.717, 1.165) is 40.1 Å². The fourth-order valence-corrected chi connectivity index (χ4v) is 2.99. The van der Waals surface area contributed by atoms with Crippen LogP contribution in [0.25, 0.3) is 11.0 Å². The summed E-state index contributed by atoms with van der Waals surface area (Å²) in [6, 6.07) is 3.51. The Morgan fingerprint density at radius 2 is 2.22 bits per heavy atom. The first-order valence-corrected chi connectivity index (χ1v) is 8.14. The number of halogens is 1. The molecular formula is C16H17BrN4O2. The van der Waals surface area contributed by atoms with Gasteiger partial charge in [-0.25, -0.2) is 14.8 Å². The Balaban J connectivity index is 1.61. The number of benzene rings is 1. The molecule has 0 amide bonds. The zero-order chi connectivity index (χ0) is 16.4. The van der Waals surface area contributed by atoms with Crippen molar-refractivity contribution in [1.29, 1.82) is 0 Å². The lowest BCUT2D eigenvalue weighted by Gasteiger charge is -2.07. The van der Waals surface area contributed by atoms with E-state index in [4.69, 9.17) is 4.74 Å².